The largest absolute Gasteiger partial charge is 0.294 e. The number of hydrogen-bond donors (Lipinski definition) is 0. The van der Waals surface area contributed by atoms with Gasteiger partial charge in [-0.1, -0.05) is 4.40 Å². The standard InChI is InChI=1S/C7H3N3O3S/c8-3-6-1-2-7(4-9-6)14(12,13)10-5-11/h1-2,4H. The van der Waals surface area contributed by atoms with E-state index in [-0.39, 0.29) is 10.6 Å². The van der Waals surface area contributed by atoms with Gasteiger partial charge < -0.3 is 0 Å². The summed E-state index contributed by atoms with van der Waals surface area (Å²) in [6.45, 7) is 0. The second kappa shape index (κ2) is 3.79. The topological polar surface area (TPSA) is 100 Å². The summed E-state index contributed by atoms with van der Waals surface area (Å²) in [5.74, 6) is 0. The molecule has 0 spiro atoms. The van der Waals surface area contributed by atoms with Crippen LogP contribution in [0, 0.1) is 11.3 Å². The van der Waals surface area contributed by atoms with Gasteiger partial charge in [-0.2, -0.15) is 13.7 Å². The number of sulfonamides is 1. The van der Waals surface area contributed by atoms with Crippen LogP contribution in [0.4, 0.5) is 0 Å². The normalized spacial score (nSPS) is 9.93. The molecule has 1 rings (SSSR count). The van der Waals surface area contributed by atoms with Gasteiger partial charge in [-0.3, -0.25) is 0 Å². The van der Waals surface area contributed by atoms with Crippen LogP contribution in [0.5, 0.6) is 0 Å². The molecule has 0 aliphatic heterocycles. The van der Waals surface area contributed by atoms with Crippen LogP contribution in [0.25, 0.3) is 0 Å². The summed E-state index contributed by atoms with van der Waals surface area (Å²) in [5.41, 5.74) is 0.0824. The summed E-state index contributed by atoms with van der Waals surface area (Å²) < 4.78 is 24.8. The van der Waals surface area contributed by atoms with E-state index in [0.29, 0.717) is 0 Å². The summed E-state index contributed by atoms with van der Waals surface area (Å²) in [7, 11) is -4.01. The van der Waals surface area contributed by atoms with E-state index in [4.69, 9.17) is 5.26 Å². The fourth-order valence-corrected chi connectivity index (χ4v) is 1.33. The number of isocyanates is 1. The molecule has 1 heterocycles. The Morgan fingerprint density at radius 1 is 1.43 bits per heavy atom. The van der Waals surface area contributed by atoms with E-state index < -0.39 is 10.0 Å². The molecule has 0 fully saturated rings. The van der Waals surface area contributed by atoms with E-state index in [9.17, 15) is 13.2 Å². The fraction of sp³-hybridized carbons (Fsp3) is 0. The van der Waals surface area contributed by atoms with Crippen molar-refractivity contribution in [1.82, 2.24) is 4.98 Å². The minimum absolute atomic E-state index is 0.0824. The van der Waals surface area contributed by atoms with Gasteiger partial charge in [0.05, 0.1) is 0 Å². The minimum atomic E-state index is -4.01. The van der Waals surface area contributed by atoms with Crippen molar-refractivity contribution in [3.05, 3.63) is 24.0 Å². The zero-order valence-electron chi connectivity index (χ0n) is 6.71. The molecule has 0 aliphatic rings. The van der Waals surface area contributed by atoms with E-state index in [2.05, 4.69) is 9.38 Å². The number of pyridine rings is 1. The molecule has 0 bridgehead atoms. The van der Waals surface area contributed by atoms with Crippen molar-refractivity contribution < 1.29 is 13.2 Å². The van der Waals surface area contributed by atoms with Gasteiger partial charge in [0, 0.05) is 6.20 Å². The van der Waals surface area contributed by atoms with Crippen molar-refractivity contribution in [3.63, 3.8) is 0 Å². The van der Waals surface area contributed by atoms with Crippen LogP contribution < -0.4 is 0 Å². The maximum absolute atomic E-state index is 11.1. The van der Waals surface area contributed by atoms with E-state index in [1.54, 1.807) is 6.07 Å². The third kappa shape index (κ3) is 2.01. The first-order valence-electron chi connectivity index (χ1n) is 3.30. The van der Waals surface area contributed by atoms with Crippen molar-refractivity contribution in [2.45, 2.75) is 4.90 Å². The minimum Gasteiger partial charge on any atom is -0.244 e. The molecule has 0 aromatic carbocycles. The van der Waals surface area contributed by atoms with E-state index in [0.717, 1.165) is 18.3 Å². The second-order valence-corrected chi connectivity index (χ2v) is 3.75. The first-order valence-corrected chi connectivity index (χ1v) is 4.74. The molecule has 0 amide bonds. The van der Waals surface area contributed by atoms with Crippen LogP contribution >= 0.6 is 0 Å². The van der Waals surface area contributed by atoms with Crippen LogP contribution in [0.15, 0.2) is 27.6 Å². The van der Waals surface area contributed by atoms with Crippen molar-refractivity contribution in [2.24, 2.45) is 4.40 Å². The maximum atomic E-state index is 11.1. The Labute approximate surface area is 79.6 Å². The lowest BCUT2D eigenvalue weighted by atomic mass is 10.4. The average Bonchev–Trinajstić information content (AvgIpc) is 2.18. The molecule has 0 atom stereocenters. The molecule has 0 aliphatic carbocycles. The Bertz CT molecular complexity index is 520. The molecule has 6 nitrogen and oxygen atoms in total. The maximum Gasteiger partial charge on any atom is 0.294 e. The Balaban J connectivity index is 3.24. The average molecular weight is 209 g/mol. The van der Waals surface area contributed by atoms with Crippen LogP contribution in [0.3, 0.4) is 0 Å². The summed E-state index contributed by atoms with van der Waals surface area (Å²) in [5, 5.41) is 8.39. The SMILES string of the molecule is N#Cc1ccc(S(=O)(=O)N=C=O)cn1. The van der Waals surface area contributed by atoms with Gasteiger partial charge in [-0.25, -0.2) is 9.78 Å². The van der Waals surface area contributed by atoms with E-state index in [1.165, 1.54) is 6.07 Å². The quantitative estimate of drug-likeness (QED) is 0.503. The number of aromatic nitrogens is 1. The highest BCUT2D eigenvalue weighted by molar-refractivity contribution is 7.90. The Morgan fingerprint density at radius 3 is 2.57 bits per heavy atom. The third-order valence-corrected chi connectivity index (χ3v) is 2.46. The fourth-order valence-electron chi connectivity index (χ4n) is 0.701. The predicted octanol–water partition coefficient (Wildman–Crippen LogP) is -0.0222. The molecule has 70 valence electrons. The summed E-state index contributed by atoms with van der Waals surface area (Å²) in [4.78, 5) is 13.0. The molecule has 1 aromatic rings. The molecule has 0 unspecified atom stereocenters. The lowest BCUT2D eigenvalue weighted by Crippen LogP contribution is -1.97. The van der Waals surface area contributed by atoms with Crippen LogP contribution in [-0.4, -0.2) is 19.5 Å². The highest BCUT2D eigenvalue weighted by atomic mass is 32.2. The molecule has 0 saturated carbocycles. The lowest BCUT2D eigenvalue weighted by Gasteiger charge is -1.94. The van der Waals surface area contributed by atoms with Gasteiger partial charge in [0.2, 0.25) is 0 Å². The van der Waals surface area contributed by atoms with Crippen LogP contribution in [-0.2, 0) is 14.8 Å². The number of nitrogens with zero attached hydrogens (tertiary/aromatic N) is 3. The first-order chi connectivity index (χ1) is 6.60. The third-order valence-electron chi connectivity index (χ3n) is 1.31. The number of nitriles is 1. The molecule has 0 radical (unpaired) electrons. The van der Waals surface area contributed by atoms with Crippen molar-refractivity contribution in [2.75, 3.05) is 0 Å². The molecule has 14 heavy (non-hydrogen) atoms. The van der Waals surface area contributed by atoms with Gasteiger partial charge >= 0.3 is 0 Å². The Kier molecular flexibility index (Phi) is 2.72. The molecular weight excluding hydrogens is 206 g/mol. The van der Waals surface area contributed by atoms with Gasteiger partial charge in [0.15, 0.2) is 0 Å². The highest BCUT2D eigenvalue weighted by Crippen LogP contribution is 2.09. The van der Waals surface area contributed by atoms with Crippen molar-refractivity contribution in [1.29, 1.82) is 5.26 Å². The zero-order valence-corrected chi connectivity index (χ0v) is 7.52. The number of rotatable bonds is 2. The molecule has 1 aromatic heterocycles. The van der Waals surface area contributed by atoms with Gasteiger partial charge in [-0.15, -0.1) is 0 Å². The van der Waals surface area contributed by atoms with Gasteiger partial charge in [0.1, 0.15) is 16.7 Å². The molecule has 0 saturated heterocycles. The first kappa shape index (κ1) is 10.1. The van der Waals surface area contributed by atoms with E-state index >= 15 is 0 Å². The number of hydrogen-bond acceptors (Lipinski definition) is 5. The molecular formula is C7H3N3O3S. The second-order valence-electron chi connectivity index (χ2n) is 2.15. The van der Waals surface area contributed by atoms with Crippen LogP contribution in [0.1, 0.15) is 5.69 Å². The molecule has 0 N–H and O–H groups in total. The Hall–Kier alpha value is -2.03. The van der Waals surface area contributed by atoms with Crippen molar-refractivity contribution >= 4 is 16.1 Å². The zero-order chi connectivity index (χ0) is 10.6. The van der Waals surface area contributed by atoms with Crippen LogP contribution in [0.2, 0.25) is 0 Å². The predicted molar refractivity (Wildman–Crippen MR) is 44.3 cm³/mol. The smallest absolute Gasteiger partial charge is 0.244 e. The Morgan fingerprint density at radius 2 is 2.14 bits per heavy atom. The molecule has 7 heteroatoms. The van der Waals surface area contributed by atoms with E-state index in [1.807, 2.05) is 0 Å². The van der Waals surface area contributed by atoms with Gasteiger partial charge in [0.25, 0.3) is 16.1 Å². The highest BCUT2D eigenvalue weighted by Gasteiger charge is 2.12. The lowest BCUT2D eigenvalue weighted by molar-refractivity contribution is 0.563. The summed E-state index contributed by atoms with van der Waals surface area (Å²) in [6, 6.07) is 4.08. The summed E-state index contributed by atoms with van der Waals surface area (Å²) >= 11 is 0. The van der Waals surface area contributed by atoms with Gasteiger partial charge in [-0.05, 0) is 12.1 Å². The monoisotopic (exact) mass is 209 g/mol. The summed E-state index contributed by atoms with van der Waals surface area (Å²) in [6.07, 6.45) is 1.88. The number of carbonyl (C=O) groups excluding carboxylic acids is 1. The van der Waals surface area contributed by atoms with Crippen molar-refractivity contribution in [3.8, 4) is 6.07 Å².